The van der Waals surface area contributed by atoms with E-state index in [9.17, 15) is 4.39 Å². The fourth-order valence-electron chi connectivity index (χ4n) is 3.18. The van der Waals surface area contributed by atoms with Gasteiger partial charge in [0.25, 0.3) is 0 Å². The third-order valence-electron chi connectivity index (χ3n) is 4.73. The minimum absolute atomic E-state index is 0.210. The van der Waals surface area contributed by atoms with Gasteiger partial charge in [-0.2, -0.15) is 10.1 Å². The van der Waals surface area contributed by atoms with Crippen LogP contribution in [0.15, 0.2) is 54.7 Å². The molecule has 1 aromatic heterocycles. The Kier molecular flexibility index (Phi) is 4.82. The van der Waals surface area contributed by atoms with Crippen molar-refractivity contribution in [3.8, 4) is 0 Å². The average Bonchev–Trinajstić information content (AvgIpc) is 2.71. The summed E-state index contributed by atoms with van der Waals surface area (Å²) in [5.41, 5.74) is 3.13. The van der Waals surface area contributed by atoms with Gasteiger partial charge >= 0.3 is 0 Å². The Morgan fingerprint density at radius 2 is 1.63 bits per heavy atom. The van der Waals surface area contributed by atoms with Crippen LogP contribution in [-0.4, -0.2) is 41.4 Å². The highest BCUT2D eigenvalue weighted by molar-refractivity contribution is 5.58. The number of hydrogen-bond donors (Lipinski definition) is 1. The third kappa shape index (κ3) is 3.97. The van der Waals surface area contributed by atoms with E-state index in [1.807, 2.05) is 43.3 Å². The molecule has 0 bridgehead atoms. The Morgan fingerprint density at radius 3 is 2.37 bits per heavy atom. The number of hydrogen-bond acceptors (Lipinski definition) is 6. The van der Waals surface area contributed by atoms with Crippen molar-refractivity contribution in [1.29, 1.82) is 0 Å². The first-order valence-corrected chi connectivity index (χ1v) is 8.97. The topological polar surface area (TPSA) is 57.2 Å². The first-order valence-electron chi connectivity index (χ1n) is 8.97. The highest BCUT2D eigenvalue weighted by Gasteiger charge is 2.19. The minimum atomic E-state index is -0.210. The summed E-state index contributed by atoms with van der Waals surface area (Å²) in [5.74, 6) is 1.08. The molecule has 6 nitrogen and oxygen atoms in total. The van der Waals surface area contributed by atoms with Crippen LogP contribution in [0.5, 0.6) is 0 Å². The molecule has 1 aliphatic heterocycles. The van der Waals surface area contributed by atoms with Gasteiger partial charge in [-0.15, -0.1) is 5.10 Å². The predicted molar refractivity (Wildman–Crippen MR) is 105 cm³/mol. The molecule has 0 radical (unpaired) electrons. The molecule has 1 fully saturated rings. The molecule has 0 atom stereocenters. The van der Waals surface area contributed by atoms with Gasteiger partial charge < -0.3 is 15.1 Å². The molecule has 0 aliphatic carbocycles. The average molecular weight is 364 g/mol. The lowest BCUT2D eigenvalue weighted by molar-refractivity contribution is 0.624. The molecule has 7 heteroatoms. The highest BCUT2D eigenvalue weighted by Crippen LogP contribution is 2.21. The maximum absolute atomic E-state index is 13.1. The molecule has 138 valence electrons. The van der Waals surface area contributed by atoms with E-state index in [1.54, 1.807) is 6.20 Å². The number of rotatable bonds is 4. The summed E-state index contributed by atoms with van der Waals surface area (Å²) in [4.78, 5) is 9.05. The molecule has 27 heavy (non-hydrogen) atoms. The van der Waals surface area contributed by atoms with E-state index in [1.165, 1.54) is 12.1 Å². The second-order valence-corrected chi connectivity index (χ2v) is 6.53. The SMILES string of the molecule is Cc1ccccc1Nc1nncc(N2CCN(c3ccc(F)cc3)CC2)n1. The second kappa shape index (κ2) is 7.57. The van der Waals surface area contributed by atoms with Crippen molar-refractivity contribution in [2.45, 2.75) is 6.92 Å². The Morgan fingerprint density at radius 1 is 0.926 bits per heavy atom. The molecule has 2 heterocycles. The van der Waals surface area contributed by atoms with Gasteiger partial charge in [-0.25, -0.2) is 4.39 Å². The number of aryl methyl sites for hydroxylation is 1. The van der Waals surface area contributed by atoms with E-state index in [-0.39, 0.29) is 5.82 Å². The number of halogens is 1. The molecule has 2 aromatic carbocycles. The lowest BCUT2D eigenvalue weighted by Crippen LogP contribution is -2.46. The molecule has 0 unspecified atom stereocenters. The summed E-state index contributed by atoms with van der Waals surface area (Å²) in [6.07, 6.45) is 1.69. The van der Waals surface area contributed by atoms with E-state index in [2.05, 4.69) is 30.3 Å². The molecule has 1 aliphatic rings. The van der Waals surface area contributed by atoms with Crippen LogP contribution in [0.2, 0.25) is 0 Å². The van der Waals surface area contributed by atoms with Crippen molar-refractivity contribution in [2.24, 2.45) is 0 Å². The van der Waals surface area contributed by atoms with E-state index >= 15 is 0 Å². The van der Waals surface area contributed by atoms with Crippen molar-refractivity contribution in [3.63, 3.8) is 0 Å². The molecule has 1 saturated heterocycles. The third-order valence-corrected chi connectivity index (χ3v) is 4.73. The van der Waals surface area contributed by atoms with E-state index < -0.39 is 0 Å². The summed E-state index contributed by atoms with van der Waals surface area (Å²) in [7, 11) is 0. The van der Waals surface area contributed by atoms with Gasteiger partial charge in [-0.05, 0) is 42.8 Å². The minimum Gasteiger partial charge on any atom is -0.368 e. The first kappa shape index (κ1) is 17.2. The maximum Gasteiger partial charge on any atom is 0.249 e. The van der Waals surface area contributed by atoms with Crippen molar-refractivity contribution >= 4 is 23.1 Å². The van der Waals surface area contributed by atoms with Gasteiger partial charge in [0.05, 0.1) is 6.20 Å². The zero-order chi connectivity index (χ0) is 18.6. The highest BCUT2D eigenvalue weighted by atomic mass is 19.1. The zero-order valence-electron chi connectivity index (χ0n) is 15.1. The van der Waals surface area contributed by atoms with E-state index in [0.29, 0.717) is 5.95 Å². The smallest absolute Gasteiger partial charge is 0.249 e. The van der Waals surface area contributed by atoms with E-state index in [0.717, 1.165) is 48.9 Å². The monoisotopic (exact) mass is 364 g/mol. The van der Waals surface area contributed by atoms with Crippen LogP contribution < -0.4 is 15.1 Å². The van der Waals surface area contributed by atoms with E-state index in [4.69, 9.17) is 0 Å². The van der Waals surface area contributed by atoms with Crippen LogP contribution >= 0.6 is 0 Å². The lowest BCUT2D eigenvalue weighted by Gasteiger charge is -2.36. The zero-order valence-corrected chi connectivity index (χ0v) is 15.1. The van der Waals surface area contributed by atoms with Crippen molar-refractivity contribution < 1.29 is 4.39 Å². The molecule has 0 amide bonds. The summed E-state index contributed by atoms with van der Waals surface area (Å²) in [6.45, 7) is 5.36. The summed E-state index contributed by atoms with van der Waals surface area (Å²) in [5, 5.41) is 11.4. The van der Waals surface area contributed by atoms with Crippen molar-refractivity contribution in [1.82, 2.24) is 15.2 Å². The Bertz CT molecular complexity index is 906. The van der Waals surface area contributed by atoms with Crippen LogP contribution in [0.1, 0.15) is 5.56 Å². The molecule has 3 aromatic rings. The number of anilines is 4. The first-order chi connectivity index (χ1) is 13.2. The summed E-state index contributed by atoms with van der Waals surface area (Å²) >= 11 is 0. The van der Waals surface area contributed by atoms with Crippen LogP contribution in [0.25, 0.3) is 0 Å². The number of aromatic nitrogens is 3. The molecular formula is C20H21FN6. The summed E-state index contributed by atoms with van der Waals surface area (Å²) < 4.78 is 13.1. The number of piperazine rings is 1. The van der Waals surface area contributed by atoms with Crippen LogP contribution in [0.4, 0.5) is 27.5 Å². The number of nitrogens with zero attached hydrogens (tertiary/aromatic N) is 5. The fourth-order valence-corrected chi connectivity index (χ4v) is 3.18. The van der Waals surface area contributed by atoms with Crippen LogP contribution in [0.3, 0.4) is 0 Å². The Hall–Kier alpha value is -3.22. The van der Waals surface area contributed by atoms with Gasteiger partial charge in [0, 0.05) is 37.6 Å². The Labute approximate surface area is 157 Å². The van der Waals surface area contributed by atoms with Gasteiger partial charge in [0.15, 0.2) is 5.82 Å². The Balaban J connectivity index is 1.43. The number of para-hydroxylation sites is 1. The fraction of sp³-hybridized carbons (Fsp3) is 0.250. The lowest BCUT2D eigenvalue weighted by atomic mass is 10.2. The van der Waals surface area contributed by atoms with Gasteiger partial charge in [0.1, 0.15) is 5.82 Å². The number of benzene rings is 2. The molecular weight excluding hydrogens is 343 g/mol. The molecule has 0 saturated carbocycles. The maximum atomic E-state index is 13.1. The van der Waals surface area contributed by atoms with Gasteiger partial charge in [0.2, 0.25) is 5.95 Å². The second-order valence-electron chi connectivity index (χ2n) is 6.53. The molecule has 4 rings (SSSR count). The standard InChI is InChI=1S/C20H21FN6/c1-15-4-2-3-5-18(15)23-20-24-19(14-22-25-20)27-12-10-26(11-13-27)17-8-6-16(21)7-9-17/h2-9,14H,10-13H2,1H3,(H,23,24,25). The molecule has 1 N–H and O–H groups in total. The van der Waals surface area contributed by atoms with Crippen molar-refractivity contribution in [2.75, 3.05) is 41.3 Å². The van der Waals surface area contributed by atoms with Gasteiger partial charge in [-0.3, -0.25) is 0 Å². The number of nitrogens with one attached hydrogen (secondary N) is 1. The predicted octanol–water partition coefficient (Wildman–Crippen LogP) is 3.39. The van der Waals surface area contributed by atoms with Crippen molar-refractivity contribution in [3.05, 3.63) is 66.1 Å². The normalized spacial score (nSPS) is 14.3. The van der Waals surface area contributed by atoms with Crippen LogP contribution in [-0.2, 0) is 0 Å². The summed E-state index contributed by atoms with van der Waals surface area (Å²) in [6, 6.07) is 14.6. The quantitative estimate of drug-likeness (QED) is 0.766. The largest absolute Gasteiger partial charge is 0.368 e. The molecule has 0 spiro atoms. The van der Waals surface area contributed by atoms with Gasteiger partial charge in [-0.1, -0.05) is 18.2 Å². The van der Waals surface area contributed by atoms with Crippen LogP contribution in [0, 0.1) is 12.7 Å².